The van der Waals surface area contributed by atoms with Gasteiger partial charge in [0.05, 0.1) is 12.7 Å². The summed E-state index contributed by atoms with van der Waals surface area (Å²) in [4.78, 5) is 0. The molecule has 1 aliphatic heterocycles. The highest BCUT2D eigenvalue weighted by Crippen LogP contribution is 2.27. The van der Waals surface area contributed by atoms with E-state index < -0.39 is 6.10 Å². The molecule has 1 aliphatic rings. The number of ether oxygens (including phenoxy) is 2. The van der Waals surface area contributed by atoms with Gasteiger partial charge in [-0.3, -0.25) is 0 Å². The summed E-state index contributed by atoms with van der Waals surface area (Å²) in [6.07, 6.45) is 1.29. The number of halogens is 1. The lowest BCUT2D eigenvalue weighted by molar-refractivity contribution is 0.0491. The molecule has 1 N–H and O–H groups in total. The predicted molar refractivity (Wildman–Crippen MR) is 66.1 cm³/mol. The second-order valence-corrected chi connectivity index (χ2v) is 4.72. The van der Waals surface area contributed by atoms with Crippen LogP contribution >= 0.6 is 0 Å². The van der Waals surface area contributed by atoms with E-state index in [-0.39, 0.29) is 5.82 Å². The van der Waals surface area contributed by atoms with E-state index in [2.05, 4.69) is 0 Å². The monoisotopic (exact) mass is 254 g/mol. The van der Waals surface area contributed by atoms with Crippen LogP contribution in [0.3, 0.4) is 0 Å². The lowest BCUT2D eigenvalue weighted by atomic mass is 10.0. The largest absolute Gasteiger partial charge is 0.493 e. The van der Waals surface area contributed by atoms with Gasteiger partial charge in [0.15, 0.2) is 0 Å². The highest BCUT2D eigenvalue weighted by Gasteiger charge is 2.16. The van der Waals surface area contributed by atoms with Crippen molar-refractivity contribution in [2.75, 3.05) is 19.8 Å². The summed E-state index contributed by atoms with van der Waals surface area (Å²) in [6, 6.07) is 4.24. The van der Waals surface area contributed by atoms with Gasteiger partial charge >= 0.3 is 0 Å². The fourth-order valence-electron chi connectivity index (χ4n) is 2.10. The summed E-state index contributed by atoms with van der Waals surface area (Å²) >= 11 is 0. The molecule has 0 aromatic heterocycles. The fourth-order valence-corrected chi connectivity index (χ4v) is 2.10. The molecule has 2 rings (SSSR count). The van der Waals surface area contributed by atoms with Gasteiger partial charge in [0.1, 0.15) is 11.6 Å². The summed E-state index contributed by atoms with van der Waals surface area (Å²) in [7, 11) is 0. The van der Waals surface area contributed by atoms with Crippen molar-refractivity contribution in [3.8, 4) is 5.75 Å². The molecule has 0 radical (unpaired) electrons. The maximum absolute atomic E-state index is 13.2. The van der Waals surface area contributed by atoms with Crippen molar-refractivity contribution in [3.63, 3.8) is 0 Å². The molecular formula is C14H19FO3. The molecule has 18 heavy (non-hydrogen) atoms. The van der Waals surface area contributed by atoms with Gasteiger partial charge in [0.2, 0.25) is 0 Å². The van der Waals surface area contributed by atoms with E-state index in [1.165, 1.54) is 12.1 Å². The summed E-state index contributed by atoms with van der Waals surface area (Å²) in [5.41, 5.74) is 0.628. The molecule has 1 fully saturated rings. The van der Waals surface area contributed by atoms with E-state index >= 15 is 0 Å². The van der Waals surface area contributed by atoms with Gasteiger partial charge in [0, 0.05) is 24.8 Å². The van der Waals surface area contributed by atoms with Crippen LogP contribution in [0.15, 0.2) is 18.2 Å². The Balaban J connectivity index is 2.00. The minimum atomic E-state index is -0.657. The molecular weight excluding hydrogens is 235 g/mol. The van der Waals surface area contributed by atoms with Crippen LogP contribution in [-0.4, -0.2) is 24.9 Å². The quantitative estimate of drug-likeness (QED) is 0.897. The standard InChI is InChI=1S/C14H19FO3/c1-10(16)13-3-2-12(15)8-14(13)18-9-11-4-6-17-7-5-11/h2-3,8,10-11,16H,4-7,9H2,1H3/t10-/m0/s1. The first-order chi connectivity index (χ1) is 8.66. The van der Waals surface area contributed by atoms with E-state index in [0.29, 0.717) is 23.8 Å². The lowest BCUT2D eigenvalue weighted by Gasteiger charge is -2.23. The molecule has 1 saturated heterocycles. The Labute approximate surface area is 107 Å². The summed E-state index contributed by atoms with van der Waals surface area (Å²) in [5.74, 6) is 0.543. The number of aliphatic hydroxyl groups is 1. The Morgan fingerprint density at radius 3 is 2.83 bits per heavy atom. The molecule has 0 spiro atoms. The molecule has 0 amide bonds. The van der Waals surface area contributed by atoms with Crippen LogP contribution in [0, 0.1) is 11.7 Å². The van der Waals surface area contributed by atoms with E-state index in [4.69, 9.17) is 9.47 Å². The predicted octanol–water partition coefficient (Wildman–Crippen LogP) is 2.68. The van der Waals surface area contributed by atoms with Crippen molar-refractivity contribution in [2.24, 2.45) is 5.92 Å². The van der Waals surface area contributed by atoms with Crippen molar-refractivity contribution in [1.82, 2.24) is 0 Å². The minimum absolute atomic E-state index is 0.346. The molecule has 1 aromatic carbocycles. The maximum atomic E-state index is 13.2. The third-order valence-corrected chi connectivity index (χ3v) is 3.24. The number of hydrogen-bond acceptors (Lipinski definition) is 3. The van der Waals surface area contributed by atoms with E-state index in [1.54, 1.807) is 13.0 Å². The fraction of sp³-hybridized carbons (Fsp3) is 0.571. The average molecular weight is 254 g/mol. The molecule has 4 heteroatoms. The van der Waals surface area contributed by atoms with Crippen molar-refractivity contribution in [1.29, 1.82) is 0 Å². The van der Waals surface area contributed by atoms with Crippen molar-refractivity contribution >= 4 is 0 Å². The second-order valence-electron chi connectivity index (χ2n) is 4.72. The summed E-state index contributed by atoms with van der Waals surface area (Å²) < 4.78 is 24.1. The van der Waals surface area contributed by atoms with Gasteiger partial charge in [-0.15, -0.1) is 0 Å². The highest BCUT2D eigenvalue weighted by atomic mass is 19.1. The first-order valence-corrected chi connectivity index (χ1v) is 6.35. The van der Waals surface area contributed by atoms with Crippen LogP contribution in [0.5, 0.6) is 5.75 Å². The molecule has 1 heterocycles. The highest BCUT2D eigenvalue weighted by molar-refractivity contribution is 5.35. The van der Waals surface area contributed by atoms with Crippen LogP contribution in [-0.2, 0) is 4.74 Å². The van der Waals surface area contributed by atoms with Crippen LogP contribution in [0.4, 0.5) is 4.39 Å². The van der Waals surface area contributed by atoms with Crippen molar-refractivity contribution in [2.45, 2.75) is 25.9 Å². The zero-order valence-electron chi connectivity index (χ0n) is 10.6. The lowest BCUT2D eigenvalue weighted by Crippen LogP contribution is -2.21. The normalized spacial score (nSPS) is 18.6. The Morgan fingerprint density at radius 1 is 1.44 bits per heavy atom. The van der Waals surface area contributed by atoms with Gasteiger partial charge in [0.25, 0.3) is 0 Å². The Hall–Kier alpha value is -1.13. The number of aliphatic hydroxyl groups excluding tert-OH is 1. The van der Waals surface area contributed by atoms with Crippen molar-refractivity contribution in [3.05, 3.63) is 29.6 Å². The second kappa shape index (κ2) is 6.16. The van der Waals surface area contributed by atoms with Gasteiger partial charge in [-0.2, -0.15) is 0 Å². The molecule has 1 aromatic rings. The zero-order chi connectivity index (χ0) is 13.0. The smallest absolute Gasteiger partial charge is 0.128 e. The average Bonchev–Trinajstić information content (AvgIpc) is 2.37. The summed E-state index contributed by atoms with van der Waals surface area (Å²) in [6.45, 7) is 3.72. The molecule has 0 unspecified atom stereocenters. The van der Waals surface area contributed by atoms with Crippen LogP contribution < -0.4 is 4.74 Å². The SMILES string of the molecule is C[C@H](O)c1ccc(F)cc1OCC1CCOCC1. The number of hydrogen-bond donors (Lipinski definition) is 1. The van der Waals surface area contributed by atoms with E-state index in [1.807, 2.05) is 0 Å². The molecule has 0 saturated carbocycles. The summed E-state index contributed by atoms with van der Waals surface area (Å²) in [5, 5.41) is 9.61. The first-order valence-electron chi connectivity index (χ1n) is 6.35. The van der Waals surface area contributed by atoms with Gasteiger partial charge in [-0.25, -0.2) is 4.39 Å². The number of benzene rings is 1. The molecule has 100 valence electrons. The van der Waals surface area contributed by atoms with E-state index in [0.717, 1.165) is 26.1 Å². The number of rotatable bonds is 4. The Morgan fingerprint density at radius 2 is 2.17 bits per heavy atom. The van der Waals surface area contributed by atoms with Crippen LogP contribution in [0.2, 0.25) is 0 Å². The van der Waals surface area contributed by atoms with Gasteiger partial charge in [-0.05, 0) is 37.8 Å². The molecule has 0 aliphatic carbocycles. The topological polar surface area (TPSA) is 38.7 Å². The van der Waals surface area contributed by atoms with E-state index in [9.17, 15) is 9.50 Å². The minimum Gasteiger partial charge on any atom is -0.493 e. The Bertz CT molecular complexity index is 387. The molecule has 0 bridgehead atoms. The first kappa shape index (κ1) is 13.3. The Kier molecular flexibility index (Phi) is 4.55. The van der Waals surface area contributed by atoms with Gasteiger partial charge < -0.3 is 14.6 Å². The molecule has 3 nitrogen and oxygen atoms in total. The maximum Gasteiger partial charge on any atom is 0.128 e. The van der Waals surface area contributed by atoms with Crippen LogP contribution in [0.25, 0.3) is 0 Å². The third-order valence-electron chi connectivity index (χ3n) is 3.24. The zero-order valence-corrected chi connectivity index (χ0v) is 10.6. The van der Waals surface area contributed by atoms with Gasteiger partial charge in [-0.1, -0.05) is 0 Å². The van der Waals surface area contributed by atoms with Crippen molar-refractivity contribution < 1.29 is 19.0 Å². The molecule has 1 atom stereocenters. The third kappa shape index (κ3) is 3.43. The van der Waals surface area contributed by atoms with Crippen LogP contribution in [0.1, 0.15) is 31.4 Å².